The third-order valence-corrected chi connectivity index (χ3v) is 1.93. The first kappa shape index (κ1) is 8.04. The molecule has 1 fully saturated rings. The van der Waals surface area contributed by atoms with Crippen LogP contribution in [0.25, 0.3) is 0 Å². The molecule has 1 aromatic heterocycles. The molecule has 2 N–H and O–H groups in total. The standard InChI is InChI=1S/C9H10N2O2/c12-7-3-4-10-8(5-7)9(13)11-6-1-2-6/h3-6H,1-2H2,(H,10,12)(H,11,13). The van der Waals surface area contributed by atoms with Crippen LogP contribution in [0.1, 0.15) is 23.3 Å². The van der Waals surface area contributed by atoms with Crippen LogP contribution in [-0.4, -0.2) is 16.9 Å². The van der Waals surface area contributed by atoms with Gasteiger partial charge in [0.05, 0.1) is 0 Å². The van der Waals surface area contributed by atoms with E-state index in [9.17, 15) is 9.59 Å². The van der Waals surface area contributed by atoms with Crippen molar-refractivity contribution in [3.63, 3.8) is 0 Å². The van der Waals surface area contributed by atoms with Crippen molar-refractivity contribution in [3.8, 4) is 0 Å². The van der Waals surface area contributed by atoms with Gasteiger partial charge >= 0.3 is 0 Å². The van der Waals surface area contributed by atoms with E-state index in [1.165, 1.54) is 18.3 Å². The molecule has 0 unspecified atom stereocenters. The molecule has 0 saturated heterocycles. The zero-order valence-corrected chi connectivity index (χ0v) is 7.04. The number of H-pyrrole nitrogens is 1. The van der Waals surface area contributed by atoms with E-state index in [-0.39, 0.29) is 11.3 Å². The third kappa shape index (κ3) is 1.96. The highest BCUT2D eigenvalue weighted by atomic mass is 16.2. The Morgan fingerprint density at radius 2 is 2.31 bits per heavy atom. The minimum Gasteiger partial charge on any atom is -0.357 e. The zero-order chi connectivity index (χ0) is 9.26. The predicted octanol–water partition coefficient (Wildman–Crippen LogP) is 0.267. The van der Waals surface area contributed by atoms with Gasteiger partial charge < -0.3 is 10.3 Å². The first-order chi connectivity index (χ1) is 6.25. The summed E-state index contributed by atoms with van der Waals surface area (Å²) in [7, 11) is 0. The molecular weight excluding hydrogens is 168 g/mol. The lowest BCUT2D eigenvalue weighted by molar-refractivity contribution is 0.0946. The number of carbonyl (C=O) groups is 1. The minimum atomic E-state index is -0.194. The van der Waals surface area contributed by atoms with E-state index < -0.39 is 0 Å². The van der Waals surface area contributed by atoms with Gasteiger partial charge in [-0.15, -0.1) is 0 Å². The van der Waals surface area contributed by atoms with Gasteiger partial charge in [0.15, 0.2) is 5.43 Å². The van der Waals surface area contributed by atoms with Crippen molar-refractivity contribution in [1.82, 2.24) is 10.3 Å². The maximum atomic E-state index is 11.4. The average Bonchev–Trinajstić information content (AvgIpc) is 2.88. The van der Waals surface area contributed by atoms with Gasteiger partial charge in [0.2, 0.25) is 0 Å². The highest BCUT2D eigenvalue weighted by Gasteiger charge is 2.23. The third-order valence-electron chi connectivity index (χ3n) is 1.93. The van der Waals surface area contributed by atoms with E-state index in [2.05, 4.69) is 10.3 Å². The molecule has 0 aliphatic heterocycles. The van der Waals surface area contributed by atoms with Crippen molar-refractivity contribution in [2.75, 3.05) is 0 Å². The van der Waals surface area contributed by atoms with E-state index in [0.29, 0.717) is 11.7 Å². The van der Waals surface area contributed by atoms with Gasteiger partial charge in [-0.05, 0) is 12.8 Å². The Bertz CT molecular complexity index is 379. The Morgan fingerprint density at radius 3 is 2.92 bits per heavy atom. The van der Waals surface area contributed by atoms with Crippen LogP contribution < -0.4 is 10.7 Å². The molecule has 1 aliphatic rings. The number of nitrogens with one attached hydrogen (secondary N) is 2. The Labute approximate surface area is 75.0 Å². The minimum absolute atomic E-state index is 0.153. The van der Waals surface area contributed by atoms with Crippen LogP contribution in [0.2, 0.25) is 0 Å². The lowest BCUT2D eigenvalue weighted by Gasteiger charge is -2.01. The molecule has 4 nitrogen and oxygen atoms in total. The molecule has 0 atom stereocenters. The first-order valence-electron chi connectivity index (χ1n) is 4.25. The molecule has 1 aromatic rings. The van der Waals surface area contributed by atoms with Crippen LogP contribution >= 0.6 is 0 Å². The Kier molecular flexibility index (Phi) is 1.88. The average molecular weight is 178 g/mol. The fourth-order valence-corrected chi connectivity index (χ4v) is 1.07. The zero-order valence-electron chi connectivity index (χ0n) is 7.04. The van der Waals surface area contributed by atoms with Gasteiger partial charge in [-0.2, -0.15) is 0 Å². The molecule has 13 heavy (non-hydrogen) atoms. The van der Waals surface area contributed by atoms with Crippen molar-refractivity contribution in [3.05, 3.63) is 34.2 Å². The topological polar surface area (TPSA) is 62.0 Å². The number of amides is 1. The molecule has 4 heteroatoms. The Balaban J connectivity index is 2.14. The normalized spacial score (nSPS) is 15.4. The molecule has 2 rings (SSSR count). The second kappa shape index (κ2) is 3.05. The van der Waals surface area contributed by atoms with E-state index in [0.717, 1.165) is 12.8 Å². The Morgan fingerprint density at radius 1 is 1.54 bits per heavy atom. The summed E-state index contributed by atoms with van der Waals surface area (Å²) < 4.78 is 0. The van der Waals surface area contributed by atoms with Crippen LogP contribution in [0.4, 0.5) is 0 Å². The van der Waals surface area contributed by atoms with Gasteiger partial charge in [-0.1, -0.05) is 0 Å². The molecule has 0 spiro atoms. The van der Waals surface area contributed by atoms with E-state index in [4.69, 9.17) is 0 Å². The molecule has 1 aliphatic carbocycles. The maximum absolute atomic E-state index is 11.4. The number of aromatic nitrogens is 1. The second-order valence-electron chi connectivity index (χ2n) is 3.19. The summed E-state index contributed by atoms with van der Waals surface area (Å²) >= 11 is 0. The van der Waals surface area contributed by atoms with Gasteiger partial charge in [-0.25, -0.2) is 0 Å². The number of pyridine rings is 1. The fourth-order valence-electron chi connectivity index (χ4n) is 1.07. The lowest BCUT2D eigenvalue weighted by Crippen LogP contribution is -2.27. The van der Waals surface area contributed by atoms with Crippen molar-refractivity contribution in [2.24, 2.45) is 0 Å². The van der Waals surface area contributed by atoms with Crippen LogP contribution in [0.15, 0.2) is 23.1 Å². The monoisotopic (exact) mass is 178 g/mol. The summed E-state index contributed by atoms with van der Waals surface area (Å²) in [6.45, 7) is 0. The van der Waals surface area contributed by atoms with Crippen molar-refractivity contribution in [1.29, 1.82) is 0 Å². The Hall–Kier alpha value is -1.58. The fraction of sp³-hybridized carbons (Fsp3) is 0.333. The maximum Gasteiger partial charge on any atom is 0.268 e. The lowest BCUT2D eigenvalue weighted by atomic mass is 10.3. The predicted molar refractivity (Wildman–Crippen MR) is 47.6 cm³/mol. The van der Waals surface area contributed by atoms with E-state index >= 15 is 0 Å². The quantitative estimate of drug-likeness (QED) is 0.682. The van der Waals surface area contributed by atoms with E-state index in [1.54, 1.807) is 0 Å². The van der Waals surface area contributed by atoms with Crippen molar-refractivity contribution >= 4 is 5.91 Å². The largest absolute Gasteiger partial charge is 0.357 e. The van der Waals surface area contributed by atoms with Crippen molar-refractivity contribution < 1.29 is 4.79 Å². The highest BCUT2D eigenvalue weighted by Crippen LogP contribution is 2.18. The van der Waals surface area contributed by atoms with Gasteiger partial charge in [-0.3, -0.25) is 9.59 Å². The molecule has 0 aromatic carbocycles. The van der Waals surface area contributed by atoms with Crippen LogP contribution in [0.3, 0.4) is 0 Å². The molecule has 1 saturated carbocycles. The van der Waals surface area contributed by atoms with Gasteiger partial charge in [0, 0.05) is 24.4 Å². The molecule has 0 bridgehead atoms. The second-order valence-corrected chi connectivity index (χ2v) is 3.19. The number of rotatable bonds is 2. The summed E-state index contributed by atoms with van der Waals surface area (Å²) in [5, 5.41) is 2.79. The van der Waals surface area contributed by atoms with Crippen LogP contribution in [0.5, 0.6) is 0 Å². The van der Waals surface area contributed by atoms with Crippen molar-refractivity contribution in [2.45, 2.75) is 18.9 Å². The highest BCUT2D eigenvalue weighted by molar-refractivity contribution is 5.92. The molecular formula is C9H10N2O2. The number of hydrogen-bond donors (Lipinski definition) is 2. The van der Waals surface area contributed by atoms with Crippen LogP contribution in [-0.2, 0) is 0 Å². The van der Waals surface area contributed by atoms with Gasteiger partial charge in [0.1, 0.15) is 5.69 Å². The summed E-state index contributed by atoms with van der Waals surface area (Å²) in [6, 6.07) is 3.00. The first-order valence-corrected chi connectivity index (χ1v) is 4.25. The summed E-state index contributed by atoms with van der Waals surface area (Å²) in [6.07, 6.45) is 3.57. The summed E-state index contributed by atoms with van der Waals surface area (Å²) in [5.74, 6) is -0.194. The number of hydrogen-bond acceptors (Lipinski definition) is 2. The molecule has 1 heterocycles. The summed E-state index contributed by atoms with van der Waals surface area (Å²) in [4.78, 5) is 25.0. The van der Waals surface area contributed by atoms with Crippen LogP contribution in [0, 0.1) is 0 Å². The molecule has 68 valence electrons. The van der Waals surface area contributed by atoms with Gasteiger partial charge in [0.25, 0.3) is 5.91 Å². The smallest absolute Gasteiger partial charge is 0.268 e. The van der Waals surface area contributed by atoms with E-state index in [1.807, 2.05) is 0 Å². The molecule has 1 amide bonds. The SMILES string of the molecule is O=C(NC1CC1)c1cc(=O)cc[nH]1. The number of aromatic amines is 1. The summed E-state index contributed by atoms with van der Waals surface area (Å²) in [5.41, 5.74) is 0.180. The number of carbonyl (C=O) groups excluding carboxylic acids is 1. The molecule has 0 radical (unpaired) electrons.